The molecule has 1 rings (SSSR count). The van der Waals surface area contributed by atoms with Crippen LogP contribution >= 0.6 is 0 Å². The van der Waals surface area contributed by atoms with Crippen molar-refractivity contribution < 1.29 is 14.6 Å². The van der Waals surface area contributed by atoms with Crippen LogP contribution in [0.2, 0.25) is 0 Å². The first-order valence-electron chi connectivity index (χ1n) is 6.73. The fraction of sp³-hybridized carbons (Fsp3) is 0.533. The van der Waals surface area contributed by atoms with Gasteiger partial charge in [0.05, 0.1) is 6.10 Å². The molecule has 0 saturated carbocycles. The second-order valence-electron chi connectivity index (χ2n) is 4.76. The lowest BCUT2D eigenvalue weighted by Crippen LogP contribution is -2.36. The fourth-order valence-electron chi connectivity index (χ4n) is 1.92. The molecule has 1 amide bonds. The third-order valence-corrected chi connectivity index (χ3v) is 2.86. The Hall–Kier alpha value is -1.55. The lowest BCUT2D eigenvalue weighted by Gasteiger charge is -2.15. The molecule has 0 heterocycles. The summed E-state index contributed by atoms with van der Waals surface area (Å²) in [5, 5.41) is 12.5. The molecule has 4 heteroatoms. The number of amides is 1. The first-order chi connectivity index (χ1) is 9.04. The molecule has 0 saturated heterocycles. The minimum atomic E-state index is -0.613. The summed E-state index contributed by atoms with van der Waals surface area (Å²) in [7, 11) is 0. The van der Waals surface area contributed by atoms with Crippen LogP contribution in [0.4, 0.5) is 0 Å². The summed E-state index contributed by atoms with van der Waals surface area (Å²) in [6.45, 7) is 5.70. The molecular weight excluding hydrogens is 242 g/mol. The smallest absolute Gasteiger partial charge is 0.258 e. The van der Waals surface area contributed by atoms with Crippen LogP contribution in [0.15, 0.2) is 24.3 Å². The Bertz CT molecular complexity index is 404. The van der Waals surface area contributed by atoms with Crippen LogP contribution in [0, 0.1) is 0 Å². The molecule has 0 aliphatic carbocycles. The molecule has 1 aromatic carbocycles. The van der Waals surface area contributed by atoms with E-state index in [0.29, 0.717) is 11.3 Å². The molecular formula is C15H23NO3. The Labute approximate surface area is 114 Å². The summed E-state index contributed by atoms with van der Waals surface area (Å²) in [6.07, 6.45) is 1.38. The highest BCUT2D eigenvalue weighted by Gasteiger charge is 2.11. The van der Waals surface area contributed by atoms with Gasteiger partial charge in [-0.3, -0.25) is 4.79 Å². The van der Waals surface area contributed by atoms with E-state index in [1.165, 1.54) is 0 Å². The molecule has 19 heavy (non-hydrogen) atoms. The van der Waals surface area contributed by atoms with Gasteiger partial charge in [0, 0.05) is 11.6 Å². The van der Waals surface area contributed by atoms with Crippen LogP contribution in [0.5, 0.6) is 5.75 Å². The van der Waals surface area contributed by atoms with Crippen LogP contribution in [-0.2, 0) is 4.79 Å². The molecule has 0 radical (unpaired) electrons. The van der Waals surface area contributed by atoms with Crippen molar-refractivity contribution in [2.24, 2.45) is 0 Å². The Kier molecular flexibility index (Phi) is 6.36. The standard InChI is InChI=1S/C15H23NO3/c1-4-7-11(2)16-15(18)10-19-14-9-6-5-8-13(14)12(3)17/h5-6,8-9,11-12,17H,4,7,10H2,1-3H3,(H,16,18)/t11?,12-/m0/s1. The zero-order valence-electron chi connectivity index (χ0n) is 11.8. The number of aliphatic hydroxyl groups is 1. The lowest BCUT2D eigenvalue weighted by molar-refractivity contribution is -0.123. The number of aliphatic hydroxyl groups excluding tert-OH is 1. The average molecular weight is 265 g/mol. The Morgan fingerprint density at radius 1 is 1.37 bits per heavy atom. The van der Waals surface area contributed by atoms with Gasteiger partial charge < -0.3 is 15.2 Å². The molecule has 1 unspecified atom stereocenters. The van der Waals surface area contributed by atoms with Gasteiger partial charge in [0.25, 0.3) is 5.91 Å². The van der Waals surface area contributed by atoms with Crippen LogP contribution in [0.3, 0.4) is 0 Å². The van der Waals surface area contributed by atoms with Gasteiger partial charge in [0.1, 0.15) is 5.75 Å². The highest BCUT2D eigenvalue weighted by atomic mass is 16.5. The molecule has 0 bridgehead atoms. The van der Waals surface area contributed by atoms with E-state index in [1.54, 1.807) is 19.1 Å². The zero-order chi connectivity index (χ0) is 14.3. The number of hydrogen-bond donors (Lipinski definition) is 2. The highest BCUT2D eigenvalue weighted by Crippen LogP contribution is 2.24. The normalized spacial score (nSPS) is 13.7. The first-order valence-corrected chi connectivity index (χ1v) is 6.73. The van der Waals surface area contributed by atoms with E-state index in [4.69, 9.17) is 4.74 Å². The summed E-state index contributed by atoms with van der Waals surface area (Å²) in [4.78, 5) is 11.7. The minimum absolute atomic E-state index is 0.0300. The van der Waals surface area contributed by atoms with Crippen molar-refractivity contribution in [2.45, 2.75) is 45.8 Å². The van der Waals surface area contributed by atoms with Crippen molar-refractivity contribution in [3.05, 3.63) is 29.8 Å². The topological polar surface area (TPSA) is 58.6 Å². The predicted octanol–water partition coefficient (Wildman–Crippen LogP) is 2.42. The van der Waals surface area contributed by atoms with Crippen LogP contribution in [0.1, 0.15) is 45.3 Å². The number of benzene rings is 1. The van der Waals surface area contributed by atoms with E-state index in [-0.39, 0.29) is 18.6 Å². The summed E-state index contributed by atoms with van der Waals surface area (Å²) in [5.41, 5.74) is 0.692. The van der Waals surface area contributed by atoms with Crippen LogP contribution in [0.25, 0.3) is 0 Å². The van der Waals surface area contributed by atoms with E-state index in [9.17, 15) is 9.90 Å². The van der Waals surface area contributed by atoms with Gasteiger partial charge in [-0.05, 0) is 26.3 Å². The molecule has 0 fully saturated rings. The molecule has 0 aromatic heterocycles. The fourth-order valence-corrected chi connectivity index (χ4v) is 1.92. The number of carbonyl (C=O) groups is 1. The van der Waals surface area contributed by atoms with Crippen molar-refractivity contribution in [1.29, 1.82) is 0 Å². The minimum Gasteiger partial charge on any atom is -0.483 e. The Balaban J connectivity index is 2.50. The van der Waals surface area contributed by atoms with Gasteiger partial charge in [-0.1, -0.05) is 31.5 Å². The van der Waals surface area contributed by atoms with Gasteiger partial charge >= 0.3 is 0 Å². The number of carbonyl (C=O) groups excluding carboxylic acids is 1. The molecule has 0 aliphatic heterocycles. The third kappa shape index (κ3) is 5.30. The van der Waals surface area contributed by atoms with Crippen LogP contribution < -0.4 is 10.1 Å². The molecule has 106 valence electrons. The monoisotopic (exact) mass is 265 g/mol. The molecule has 2 N–H and O–H groups in total. The van der Waals surface area contributed by atoms with Gasteiger partial charge in [-0.25, -0.2) is 0 Å². The Morgan fingerprint density at radius 3 is 2.68 bits per heavy atom. The van der Waals surface area contributed by atoms with Gasteiger partial charge in [0.2, 0.25) is 0 Å². The van der Waals surface area contributed by atoms with Crippen molar-refractivity contribution in [3.8, 4) is 5.75 Å². The molecule has 1 aromatic rings. The summed E-state index contributed by atoms with van der Waals surface area (Å²) in [6, 6.07) is 7.35. The SMILES string of the molecule is CCCC(C)NC(=O)COc1ccccc1[C@H](C)O. The number of rotatable bonds is 7. The summed E-state index contributed by atoms with van der Waals surface area (Å²) in [5.74, 6) is 0.414. The number of hydrogen-bond acceptors (Lipinski definition) is 3. The summed E-state index contributed by atoms with van der Waals surface area (Å²) < 4.78 is 5.47. The van der Waals surface area contributed by atoms with Gasteiger partial charge in [-0.15, -0.1) is 0 Å². The quantitative estimate of drug-likeness (QED) is 0.796. The van der Waals surface area contributed by atoms with E-state index in [0.717, 1.165) is 12.8 Å². The highest BCUT2D eigenvalue weighted by molar-refractivity contribution is 5.77. The van der Waals surface area contributed by atoms with E-state index in [2.05, 4.69) is 12.2 Å². The zero-order valence-corrected chi connectivity index (χ0v) is 11.8. The van der Waals surface area contributed by atoms with Crippen molar-refractivity contribution >= 4 is 5.91 Å². The number of ether oxygens (including phenoxy) is 1. The Morgan fingerprint density at radius 2 is 2.05 bits per heavy atom. The van der Waals surface area contributed by atoms with Gasteiger partial charge in [-0.2, -0.15) is 0 Å². The van der Waals surface area contributed by atoms with E-state index in [1.807, 2.05) is 19.1 Å². The van der Waals surface area contributed by atoms with Crippen molar-refractivity contribution in [1.82, 2.24) is 5.32 Å². The summed E-state index contributed by atoms with van der Waals surface area (Å²) >= 11 is 0. The molecule has 0 spiro atoms. The maximum absolute atomic E-state index is 11.7. The molecule has 4 nitrogen and oxygen atoms in total. The second kappa shape index (κ2) is 7.79. The van der Waals surface area contributed by atoms with E-state index < -0.39 is 6.10 Å². The third-order valence-electron chi connectivity index (χ3n) is 2.86. The molecule has 2 atom stereocenters. The lowest BCUT2D eigenvalue weighted by atomic mass is 10.1. The largest absolute Gasteiger partial charge is 0.483 e. The maximum atomic E-state index is 11.7. The first kappa shape index (κ1) is 15.5. The van der Waals surface area contributed by atoms with E-state index >= 15 is 0 Å². The second-order valence-corrected chi connectivity index (χ2v) is 4.76. The van der Waals surface area contributed by atoms with Crippen molar-refractivity contribution in [2.75, 3.05) is 6.61 Å². The van der Waals surface area contributed by atoms with Crippen molar-refractivity contribution in [3.63, 3.8) is 0 Å². The van der Waals surface area contributed by atoms with Crippen LogP contribution in [-0.4, -0.2) is 23.7 Å². The predicted molar refractivity (Wildman–Crippen MR) is 75.1 cm³/mol. The molecule has 0 aliphatic rings. The number of para-hydroxylation sites is 1. The maximum Gasteiger partial charge on any atom is 0.258 e. The number of nitrogens with one attached hydrogen (secondary N) is 1. The average Bonchev–Trinajstić information content (AvgIpc) is 2.36. The van der Waals surface area contributed by atoms with Gasteiger partial charge in [0.15, 0.2) is 6.61 Å².